The highest BCUT2D eigenvalue weighted by molar-refractivity contribution is 7.92. The Bertz CT molecular complexity index is 754. The molecule has 0 bridgehead atoms. The number of anilines is 1. The van der Waals surface area contributed by atoms with Gasteiger partial charge in [-0.25, -0.2) is 8.42 Å². The van der Waals surface area contributed by atoms with Gasteiger partial charge in [-0.05, 0) is 63.1 Å². The van der Waals surface area contributed by atoms with Gasteiger partial charge in [-0.1, -0.05) is 0 Å². The van der Waals surface area contributed by atoms with Crippen molar-refractivity contribution in [2.75, 3.05) is 5.32 Å². The Morgan fingerprint density at radius 2 is 1.78 bits per heavy atom. The third-order valence-corrected chi connectivity index (χ3v) is 5.98. The number of rotatable bonds is 5. The normalized spacial score (nSPS) is 12.1. The van der Waals surface area contributed by atoms with Crippen molar-refractivity contribution < 1.29 is 17.6 Å². The molecular weight excluding hydrogens is 314 g/mol. The molecule has 0 saturated heterocycles. The fourth-order valence-electron chi connectivity index (χ4n) is 1.99. The van der Waals surface area contributed by atoms with Gasteiger partial charge in [0.1, 0.15) is 0 Å². The van der Waals surface area contributed by atoms with E-state index in [-0.39, 0.29) is 10.8 Å². The molecule has 0 saturated carbocycles. The van der Waals surface area contributed by atoms with E-state index in [4.69, 9.17) is 4.42 Å². The second-order valence-electron chi connectivity index (χ2n) is 6.32. The Kier molecular flexibility index (Phi) is 4.94. The highest BCUT2D eigenvalue weighted by atomic mass is 32.2. The average Bonchev–Trinajstić information content (AvgIpc) is 2.98. The van der Waals surface area contributed by atoms with Crippen LogP contribution in [0.4, 0.5) is 5.69 Å². The van der Waals surface area contributed by atoms with Crippen molar-refractivity contribution in [2.45, 2.75) is 43.3 Å². The maximum absolute atomic E-state index is 12.3. The zero-order valence-electron chi connectivity index (χ0n) is 13.5. The zero-order valence-corrected chi connectivity index (χ0v) is 14.3. The molecule has 0 spiro atoms. The van der Waals surface area contributed by atoms with Gasteiger partial charge >= 0.3 is 0 Å². The van der Waals surface area contributed by atoms with E-state index in [1.165, 1.54) is 12.1 Å². The monoisotopic (exact) mass is 335 g/mol. The number of aryl methyl sites for hydroxylation is 1. The second kappa shape index (κ2) is 6.58. The van der Waals surface area contributed by atoms with Crippen LogP contribution in [0.25, 0.3) is 0 Å². The van der Waals surface area contributed by atoms with Gasteiger partial charge in [0.2, 0.25) is 5.91 Å². The van der Waals surface area contributed by atoms with Crippen LogP contribution in [0.3, 0.4) is 0 Å². The van der Waals surface area contributed by atoms with Gasteiger partial charge in [0.15, 0.2) is 9.84 Å². The number of carbonyl (C=O) groups is 1. The van der Waals surface area contributed by atoms with Crippen molar-refractivity contribution in [1.82, 2.24) is 0 Å². The summed E-state index contributed by atoms with van der Waals surface area (Å²) in [4.78, 5) is 12.1. The van der Waals surface area contributed by atoms with Crippen molar-refractivity contribution >= 4 is 21.4 Å². The van der Waals surface area contributed by atoms with Gasteiger partial charge in [-0.15, -0.1) is 0 Å². The molecule has 1 aromatic carbocycles. The largest absolute Gasteiger partial charge is 0.472 e. The van der Waals surface area contributed by atoms with Gasteiger partial charge in [-0.3, -0.25) is 4.79 Å². The molecule has 124 valence electrons. The summed E-state index contributed by atoms with van der Waals surface area (Å²) >= 11 is 0. The van der Waals surface area contributed by atoms with E-state index in [0.29, 0.717) is 18.5 Å². The van der Waals surface area contributed by atoms with Crippen LogP contribution in [-0.4, -0.2) is 19.1 Å². The van der Waals surface area contributed by atoms with E-state index >= 15 is 0 Å². The molecule has 0 aliphatic rings. The number of amides is 1. The van der Waals surface area contributed by atoms with Crippen molar-refractivity contribution in [3.05, 3.63) is 48.4 Å². The Morgan fingerprint density at radius 1 is 1.13 bits per heavy atom. The fraction of sp³-hybridized carbons (Fsp3) is 0.353. The van der Waals surface area contributed by atoms with E-state index < -0.39 is 14.6 Å². The van der Waals surface area contributed by atoms with Crippen LogP contribution in [0.5, 0.6) is 0 Å². The highest BCUT2D eigenvalue weighted by Gasteiger charge is 2.30. The summed E-state index contributed by atoms with van der Waals surface area (Å²) in [7, 11) is -3.38. The maximum Gasteiger partial charge on any atom is 0.224 e. The number of carbonyl (C=O) groups excluding carboxylic acids is 1. The predicted molar refractivity (Wildman–Crippen MR) is 89.0 cm³/mol. The molecule has 5 nitrogen and oxygen atoms in total. The quantitative estimate of drug-likeness (QED) is 0.908. The van der Waals surface area contributed by atoms with Gasteiger partial charge in [0.25, 0.3) is 0 Å². The summed E-state index contributed by atoms with van der Waals surface area (Å²) < 4.78 is 28.7. The molecule has 0 unspecified atom stereocenters. The van der Waals surface area contributed by atoms with Crippen molar-refractivity contribution in [3.8, 4) is 0 Å². The molecule has 1 amide bonds. The third kappa shape index (κ3) is 4.22. The Labute approximate surface area is 136 Å². The number of benzene rings is 1. The fourth-order valence-corrected chi connectivity index (χ4v) is 3.19. The molecular formula is C17H21NO4S. The van der Waals surface area contributed by atoms with Gasteiger partial charge in [0, 0.05) is 12.1 Å². The first kappa shape index (κ1) is 17.3. The minimum Gasteiger partial charge on any atom is -0.472 e. The van der Waals surface area contributed by atoms with Crippen LogP contribution in [0, 0.1) is 0 Å². The number of sulfone groups is 1. The van der Waals surface area contributed by atoms with Crippen LogP contribution < -0.4 is 5.32 Å². The van der Waals surface area contributed by atoms with Crippen LogP contribution in [0.2, 0.25) is 0 Å². The van der Waals surface area contributed by atoms with Crippen molar-refractivity contribution in [2.24, 2.45) is 0 Å². The average molecular weight is 335 g/mol. The molecule has 2 rings (SSSR count). The first-order valence-corrected chi connectivity index (χ1v) is 8.84. The number of nitrogens with one attached hydrogen (secondary N) is 1. The standard InChI is InChI=1S/C17H21NO4S/c1-17(2,3)23(20,21)15-7-5-14(6-8-15)18-16(19)9-4-13-10-11-22-12-13/h5-8,10-12H,4,9H2,1-3H3,(H,18,19). The predicted octanol–water partition coefficient (Wildman–Crippen LogP) is 3.42. The molecule has 0 aliphatic heterocycles. The third-order valence-electron chi connectivity index (χ3n) is 3.48. The first-order valence-electron chi connectivity index (χ1n) is 7.36. The molecule has 1 aromatic heterocycles. The summed E-state index contributed by atoms with van der Waals surface area (Å²) in [5.74, 6) is -0.127. The topological polar surface area (TPSA) is 76.4 Å². The SMILES string of the molecule is CC(C)(C)S(=O)(=O)c1ccc(NC(=O)CCc2ccoc2)cc1. The van der Waals surface area contributed by atoms with Crippen LogP contribution in [0.1, 0.15) is 32.8 Å². The van der Waals surface area contributed by atoms with Crippen molar-refractivity contribution in [3.63, 3.8) is 0 Å². The van der Waals surface area contributed by atoms with Gasteiger partial charge < -0.3 is 9.73 Å². The number of furan rings is 1. The lowest BCUT2D eigenvalue weighted by molar-refractivity contribution is -0.116. The molecule has 1 N–H and O–H groups in total. The molecule has 2 aromatic rings. The lowest BCUT2D eigenvalue weighted by atomic mass is 10.2. The van der Waals surface area contributed by atoms with E-state index in [9.17, 15) is 13.2 Å². The minimum absolute atomic E-state index is 0.127. The summed E-state index contributed by atoms with van der Waals surface area (Å²) in [6.45, 7) is 4.98. The molecule has 1 heterocycles. The smallest absolute Gasteiger partial charge is 0.224 e. The van der Waals surface area contributed by atoms with Gasteiger partial charge in [-0.2, -0.15) is 0 Å². The molecule has 0 radical (unpaired) electrons. The summed E-state index contributed by atoms with van der Waals surface area (Å²) in [5, 5.41) is 2.76. The Balaban J connectivity index is 1.99. The first-order chi connectivity index (χ1) is 10.7. The minimum atomic E-state index is -3.38. The number of hydrogen-bond donors (Lipinski definition) is 1. The Hall–Kier alpha value is -2.08. The molecule has 23 heavy (non-hydrogen) atoms. The maximum atomic E-state index is 12.3. The van der Waals surface area contributed by atoms with Gasteiger partial charge in [0.05, 0.1) is 22.2 Å². The molecule has 0 atom stereocenters. The highest BCUT2D eigenvalue weighted by Crippen LogP contribution is 2.25. The summed E-state index contributed by atoms with van der Waals surface area (Å²) in [6, 6.07) is 8.07. The van der Waals surface area contributed by atoms with Crippen molar-refractivity contribution in [1.29, 1.82) is 0 Å². The van der Waals surface area contributed by atoms with Crippen LogP contribution in [0.15, 0.2) is 52.2 Å². The Morgan fingerprint density at radius 3 is 2.30 bits per heavy atom. The lowest BCUT2D eigenvalue weighted by Gasteiger charge is -2.19. The van der Waals surface area contributed by atoms with Crippen LogP contribution in [-0.2, 0) is 21.1 Å². The van der Waals surface area contributed by atoms with E-state index in [2.05, 4.69) is 5.32 Å². The lowest BCUT2D eigenvalue weighted by Crippen LogP contribution is -2.27. The summed E-state index contributed by atoms with van der Waals surface area (Å²) in [6.07, 6.45) is 4.11. The molecule has 0 aliphatic carbocycles. The van der Waals surface area contributed by atoms with E-state index in [1.807, 2.05) is 6.07 Å². The molecule has 0 fully saturated rings. The van der Waals surface area contributed by atoms with E-state index in [1.54, 1.807) is 45.4 Å². The number of hydrogen-bond acceptors (Lipinski definition) is 4. The summed E-state index contributed by atoms with van der Waals surface area (Å²) in [5.41, 5.74) is 1.54. The second-order valence-corrected chi connectivity index (χ2v) is 9.02. The molecule has 6 heteroatoms. The van der Waals surface area contributed by atoms with Crippen LogP contribution >= 0.6 is 0 Å². The zero-order chi connectivity index (χ0) is 17.1. The van der Waals surface area contributed by atoms with E-state index in [0.717, 1.165) is 5.56 Å².